The number of carbonyl (C=O) groups excluding carboxylic acids is 1. The average Bonchev–Trinajstić information content (AvgIpc) is 2.85. The summed E-state index contributed by atoms with van der Waals surface area (Å²) >= 11 is 1.73. The van der Waals surface area contributed by atoms with Crippen LogP contribution >= 0.6 is 11.3 Å². The monoisotopic (exact) mass is 262 g/mol. The Labute approximate surface area is 111 Å². The summed E-state index contributed by atoms with van der Waals surface area (Å²) in [5.41, 5.74) is 2.56. The minimum absolute atomic E-state index is 0.169. The van der Waals surface area contributed by atoms with Crippen LogP contribution in [-0.4, -0.2) is 15.6 Å². The van der Waals surface area contributed by atoms with Crippen molar-refractivity contribution in [1.82, 2.24) is 9.78 Å². The van der Waals surface area contributed by atoms with Crippen molar-refractivity contribution in [2.75, 3.05) is 0 Å². The summed E-state index contributed by atoms with van der Waals surface area (Å²) in [5, 5.41) is 4.29. The van der Waals surface area contributed by atoms with Gasteiger partial charge in [0, 0.05) is 28.9 Å². The van der Waals surface area contributed by atoms with Crippen LogP contribution in [-0.2, 0) is 19.9 Å². The second-order valence-corrected chi connectivity index (χ2v) is 5.74. The quantitative estimate of drug-likeness (QED) is 0.794. The lowest BCUT2D eigenvalue weighted by Crippen LogP contribution is -2.05. The highest BCUT2D eigenvalue weighted by molar-refractivity contribution is 7.12. The summed E-state index contributed by atoms with van der Waals surface area (Å²) in [5.74, 6) is 0.169. The van der Waals surface area contributed by atoms with Crippen LogP contribution in [0.2, 0.25) is 0 Å². The number of ketones is 1. The number of aromatic nitrogens is 2. The molecule has 0 N–H and O–H groups in total. The number of hydrogen-bond acceptors (Lipinski definition) is 3. The molecule has 4 heteroatoms. The molecule has 2 aromatic rings. The topological polar surface area (TPSA) is 34.9 Å². The van der Waals surface area contributed by atoms with E-state index >= 15 is 0 Å². The van der Waals surface area contributed by atoms with E-state index in [0.717, 1.165) is 28.2 Å². The Morgan fingerprint density at radius 2 is 2.00 bits per heavy atom. The third-order valence-electron chi connectivity index (χ3n) is 3.19. The molecule has 0 spiro atoms. The molecule has 0 radical (unpaired) electrons. The number of nitrogens with zero attached hydrogens (tertiary/aromatic N) is 2. The standard InChI is InChI=1S/C14H18N2OS/c1-5-11-6-7-12(18-11)8-13(17)14-9(2)15-16(4)10(14)3/h6-7H,5,8H2,1-4H3. The molecule has 0 aromatic carbocycles. The van der Waals surface area contributed by atoms with Gasteiger partial charge < -0.3 is 0 Å². The van der Waals surface area contributed by atoms with Crippen LogP contribution in [0.25, 0.3) is 0 Å². The van der Waals surface area contributed by atoms with Gasteiger partial charge in [0.1, 0.15) is 0 Å². The summed E-state index contributed by atoms with van der Waals surface area (Å²) in [6, 6.07) is 4.17. The first-order chi connectivity index (χ1) is 8.52. The summed E-state index contributed by atoms with van der Waals surface area (Å²) in [6.45, 7) is 5.97. The number of carbonyl (C=O) groups is 1. The van der Waals surface area contributed by atoms with E-state index in [0.29, 0.717) is 6.42 Å². The van der Waals surface area contributed by atoms with Gasteiger partial charge in [0.05, 0.1) is 11.3 Å². The second-order valence-electron chi connectivity index (χ2n) is 4.49. The predicted octanol–water partition coefficient (Wildman–Crippen LogP) is 3.09. The number of hydrogen-bond donors (Lipinski definition) is 0. The molecule has 0 amide bonds. The number of rotatable bonds is 4. The fraction of sp³-hybridized carbons (Fsp3) is 0.429. The maximum atomic E-state index is 12.3. The van der Waals surface area contributed by atoms with Gasteiger partial charge in [-0.1, -0.05) is 6.92 Å². The molecule has 0 aliphatic rings. The van der Waals surface area contributed by atoms with E-state index in [-0.39, 0.29) is 5.78 Å². The zero-order chi connectivity index (χ0) is 13.3. The molecule has 0 atom stereocenters. The van der Waals surface area contributed by atoms with Crippen molar-refractivity contribution in [3.05, 3.63) is 38.8 Å². The van der Waals surface area contributed by atoms with Crippen LogP contribution < -0.4 is 0 Å². The summed E-state index contributed by atoms with van der Waals surface area (Å²) < 4.78 is 1.77. The van der Waals surface area contributed by atoms with Crippen LogP contribution in [0, 0.1) is 13.8 Å². The molecule has 3 nitrogen and oxygen atoms in total. The highest BCUT2D eigenvalue weighted by Gasteiger charge is 2.18. The van der Waals surface area contributed by atoms with E-state index in [4.69, 9.17) is 0 Å². The van der Waals surface area contributed by atoms with Gasteiger partial charge in [-0.25, -0.2) is 0 Å². The maximum Gasteiger partial charge on any atom is 0.171 e. The molecule has 2 aromatic heterocycles. The summed E-state index contributed by atoms with van der Waals surface area (Å²) in [6.07, 6.45) is 1.52. The third-order valence-corrected chi connectivity index (χ3v) is 4.42. The number of aryl methyl sites for hydroxylation is 3. The van der Waals surface area contributed by atoms with Gasteiger partial charge in [-0.2, -0.15) is 5.10 Å². The lowest BCUT2D eigenvalue weighted by Gasteiger charge is -2.00. The molecule has 0 saturated carbocycles. The van der Waals surface area contributed by atoms with Crippen LogP contribution in [0.4, 0.5) is 0 Å². The van der Waals surface area contributed by atoms with Gasteiger partial charge in [-0.3, -0.25) is 9.48 Å². The molecular weight excluding hydrogens is 244 g/mol. The van der Waals surface area contributed by atoms with Crippen molar-refractivity contribution >= 4 is 17.1 Å². The molecule has 18 heavy (non-hydrogen) atoms. The van der Waals surface area contributed by atoms with Gasteiger partial charge in [-0.15, -0.1) is 11.3 Å². The van der Waals surface area contributed by atoms with Crippen LogP contribution in [0.15, 0.2) is 12.1 Å². The minimum atomic E-state index is 0.169. The van der Waals surface area contributed by atoms with Crippen molar-refractivity contribution < 1.29 is 4.79 Å². The van der Waals surface area contributed by atoms with Crippen LogP contribution in [0.3, 0.4) is 0 Å². The van der Waals surface area contributed by atoms with Crippen molar-refractivity contribution in [2.45, 2.75) is 33.6 Å². The Morgan fingerprint density at radius 1 is 1.33 bits per heavy atom. The van der Waals surface area contributed by atoms with E-state index in [9.17, 15) is 4.79 Å². The Kier molecular flexibility index (Phi) is 3.66. The van der Waals surface area contributed by atoms with E-state index in [1.165, 1.54) is 4.88 Å². The number of Topliss-reactive ketones (excluding diaryl/α,β-unsaturated/α-hetero) is 1. The largest absolute Gasteiger partial charge is 0.294 e. The zero-order valence-electron chi connectivity index (χ0n) is 11.3. The normalized spacial score (nSPS) is 10.9. The molecule has 0 aliphatic heterocycles. The SMILES string of the molecule is CCc1ccc(CC(=O)c2c(C)nn(C)c2C)s1. The van der Waals surface area contributed by atoms with Crippen LogP contribution in [0.5, 0.6) is 0 Å². The molecule has 2 heterocycles. The van der Waals surface area contributed by atoms with Crippen molar-refractivity contribution in [3.8, 4) is 0 Å². The van der Waals surface area contributed by atoms with E-state index in [2.05, 4.69) is 24.2 Å². The molecule has 0 unspecified atom stereocenters. The Balaban J connectivity index is 2.21. The van der Waals surface area contributed by atoms with Gasteiger partial charge in [0.2, 0.25) is 0 Å². The van der Waals surface area contributed by atoms with Crippen molar-refractivity contribution in [3.63, 3.8) is 0 Å². The first kappa shape index (κ1) is 13.0. The highest BCUT2D eigenvalue weighted by Crippen LogP contribution is 2.21. The number of thiophene rings is 1. The highest BCUT2D eigenvalue weighted by atomic mass is 32.1. The first-order valence-electron chi connectivity index (χ1n) is 6.14. The molecule has 0 aliphatic carbocycles. The predicted molar refractivity (Wildman–Crippen MR) is 74.4 cm³/mol. The van der Waals surface area contributed by atoms with Gasteiger partial charge in [0.15, 0.2) is 5.78 Å². The minimum Gasteiger partial charge on any atom is -0.294 e. The Morgan fingerprint density at radius 3 is 2.50 bits per heavy atom. The van der Waals surface area contributed by atoms with Gasteiger partial charge in [0.25, 0.3) is 0 Å². The fourth-order valence-electron chi connectivity index (χ4n) is 2.13. The van der Waals surface area contributed by atoms with Gasteiger partial charge in [-0.05, 0) is 32.4 Å². The molecule has 0 fully saturated rings. The van der Waals surface area contributed by atoms with Crippen molar-refractivity contribution in [1.29, 1.82) is 0 Å². The van der Waals surface area contributed by atoms with Gasteiger partial charge >= 0.3 is 0 Å². The lowest BCUT2D eigenvalue weighted by atomic mass is 10.1. The summed E-state index contributed by atoms with van der Waals surface area (Å²) in [4.78, 5) is 14.8. The molecule has 0 saturated heterocycles. The molecular formula is C14H18N2OS. The zero-order valence-corrected chi connectivity index (χ0v) is 12.1. The van der Waals surface area contributed by atoms with E-state index in [1.54, 1.807) is 16.0 Å². The fourth-order valence-corrected chi connectivity index (χ4v) is 3.09. The second kappa shape index (κ2) is 5.06. The van der Waals surface area contributed by atoms with E-state index in [1.807, 2.05) is 20.9 Å². The molecule has 0 bridgehead atoms. The third kappa shape index (κ3) is 2.38. The Hall–Kier alpha value is -1.42. The first-order valence-corrected chi connectivity index (χ1v) is 6.95. The molecule has 2 rings (SSSR count). The average molecular weight is 262 g/mol. The lowest BCUT2D eigenvalue weighted by molar-refractivity contribution is 0.0992. The molecule has 96 valence electrons. The maximum absolute atomic E-state index is 12.3. The summed E-state index contributed by atoms with van der Waals surface area (Å²) in [7, 11) is 1.87. The smallest absolute Gasteiger partial charge is 0.171 e. The van der Waals surface area contributed by atoms with Crippen molar-refractivity contribution in [2.24, 2.45) is 7.05 Å². The van der Waals surface area contributed by atoms with Crippen LogP contribution in [0.1, 0.15) is 38.4 Å². The van der Waals surface area contributed by atoms with E-state index < -0.39 is 0 Å². The Bertz CT molecular complexity index is 581.